The highest BCUT2D eigenvalue weighted by Crippen LogP contribution is 2.38. The molecule has 0 bridgehead atoms. The van der Waals surface area contributed by atoms with E-state index in [2.05, 4.69) is 16.4 Å². The summed E-state index contributed by atoms with van der Waals surface area (Å²) in [5, 5.41) is 9.05. The number of fused-ring (bicyclic) bond motifs is 3. The Morgan fingerprint density at radius 2 is 2.20 bits per heavy atom. The first-order chi connectivity index (χ1) is 12.2. The summed E-state index contributed by atoms with van der Waals surface area (Å²) in [4.78, 5) is 17.9. The van der Waals surface area contributed by atoms with Crippen LogP contribution in [0.1, 0.15) is 9.88 Å². The largest absolute Gasteiger partial charge is 0.483 e. The van der Waals surface area contributed by atoms with Crippen molar-refractivity contribution in [3.63, 3.8) is 0 Å². The topological polar surface area (TPSA) is 51.2 Å². The van der Waals surface area contributed by atoms with Gasteiger partial charge in [-0.1, -0.05) is 6.07 Å². The number of benzene rings is 1. The maximum absolute atomic E-state index is 12.0. The summed E-state index contributed by atoms with van der Waals surface area (Å²) in [5.74, 6) is 0.654. The van der Waals surface area contributed by atoms with Crippen molar-refractivity contribution in [2.75, 3.05) is 13.2 Å². The quantitative estimate of drug-likeness (QED) is 0.524. The van der Waals surface area contributed by atoms with Gasteiger partial charge in [-0.3, -0.25) is 4.79 Å². The molecule has 0 unspecified atom stereocenters. The third-order valence-corrected chi connectivity index (χ3v) is 6.58. The zero-order valence-electron chi connectivity index (χ0n) is 13.6. The van der Waals surface area contributed by atoms with Gasteiger partial charge in [-0.05, 0) is 36.2 Å². The number of ether oxygens (including phenoxy) is 1. The van der Waals surface area contributed by atoms with Crippen LogP contribution in [0.3, 0.4) is 0 Å². The molecule has 0 aliphatic heterocycles. The number of nitrogens with one attached hydrogen (secondary N) is 1. The molecule has 4 rings (SSSR count). The van der Waals surface area contributed by atoms with Gasteiger partial charge < -0.3 is 10.1 Å². The van der Waals surface area contributed by atoms with Crippen LogP contribution in [-0.4, -0.2) is 24.0 Å². The molecule has 0 aliphatic carbocycles. The number of amides is 1. The van der Waals surface area contributed by atoms with E-state index in [9.17, 15) is 4.79 Å². The van der Waals surface area contributed by atoms with E-state index < -0.39 is 0 Å². The summed E-state index contributed by atoms with van der Waals surface area (Å²) in [7, 11) is 0. The third kappa shape index (κ3) is 3.53. The summed E-state index contributed by atoms with van der Waals surface area (Å²) < 4.78 is 8.04. The van der Waals surface area contributed by atoms with Gasteiger partial charge in [0.25, 0.3) is 5.91 Å². The van der Waals surface area contributed by atoms with Gasteiger partial charge in [0.1, 0.15) is 5.75 Å². The highest BCUT2D eigenvalue weighted by Gasteiger charge is 2.13. The van der Waals surface area contributed by atoms with Crippen LogP contribution in [0, 0.1) is 6.92 Å². The van der Waals surface area contributed by atoms with E-state index in [0.29, 0.717) is 6.54 Å². The van der Waals surface area contributed by atoms with Crippen LogP contribution in [0.15, 0.2) is 35.0 Å². The molecule has 0 spiro atoms. The number of carbonyl (C=O) groups excluding carboxylic acids is 1. The van der Waals surface area contributed by atoms with Gasteiger partial charge in [-0.15, -0.1) is 34.0 Å². The first-order valence-electron chi connectivity index (χ1n) is 7.90. The Labute approximate surface area is 157 Å². The van der Waals surface area contributed by atoms with E-state index >= 15 is 0 Å². The highest BCUT2D eigenvalue weighted by atomic mass is 32.1. The molecule has 1 N–H and O–H groups in total. The first-order valence-corrected chi connectivity index (χ1v) is 10.5. The minimum Gasteiger partial charge on any atom is -0.483 e. The Morgan fingerprint density at radius 1 is 1.28 bits per heavy atom. The standard InChI is InChI=1S/C18H16N2O2S3/c1-11-20-17-15(25-11)9-14(13-5-8-24-18(13)17)22-10-16(21)19-6-4-12-3-2-7-23-12/h2-3,5,7-9H,4,6,10H2,1H3,(H,19,21). The van der Waals surface area contributed by atoms with Crippen molar-refractivity contribution in [2.45, 2.75) is 13.3 Å². The SMILES string of the molecule is Cc1nc2c(cc(OCC(=O)NCCc3cccs3)c3ccsc32)s1. The Hall–Kier alpha value is -1.96. The van der Waals surface area contributed by atoms with Gasteiger partial charge in [-0.25, -0.2) is 4.98 Å². The summed E-state index contributed by atoms with van der Waals surface area (Å²) in [6.07, 6.45) is 0.851. The monoisotopic (exact) mass is 388 g/mol. The van der Waals surface area contributed by atoms with Crippen LogP contribution in [-0.2, 0) is 11.2 Å². The fraction of sp³-hybridized carbons (Fsp3) is 0.222. The van der Waals surface area contributed by atoms with Gasteiger partial charge in [0.2, 0.25) is 0 Å². The van der Waals surface area contributed by atoms with Crippen molar-refractivity contribution < 1.29 is 9.53 Å². The van der Waals surface area contributed by atoms with Crippen LogP contribution in [0.2, 0.25) is 0 Å². The van der Waals surface area contributed by atoms with Gasteiger partial charge in [-0.2, -0.15) is 0 Å². The number of thiophene rings is 2. The van der Waals surface area contributed by atoms with Gasteiger partial charge in [0.05, 0.1) is 19.9 Å². The van der Waals surface area contributed by atoms with Crippen molar-refractivity contribution in [2.24, 2.45) is 0 Å². The van der Waals surface area contributed by atoms with E-state index in [4.69, 9.17) is 4.74 Å². The molecule has 0 aliphatic rings. The lowest BCUT2D eigenvalue weighted by atomic mass is 10.2. The number of hydrogen-bond donors (Lipinski definition) is 1. The van der Waals surface area contributed by atoms with Crippen molar-refractivity contribution in [1.82, 2.24) is 10.3 Å². The summed E-state index contributed by atoms with van der Waals surface area (Å²) >= 11 is 5.01. The second-order valence-electron chi connectivity index (χ2n) is 5.59. The normalized spacial score (nSPS) is 11.2. The van der Waals surface area contributed by atoms with Gasteiger partial charge >= 0.3 is 0 Å². The minimum absolute atomic E-state index is 0.0265. The summed E-state index contributed by atoms with van der Waals surface area (Å²) in [6, 6.07) is 8.12. The average molecular weight is 389 g/mol. The molecule has 0 saturated heterocycles. The molecular formula is C18H16N2O2S3. The van der Waals surface area contributed by atoms with E-state index in [0.717, 1.165) is 37.5 Å². The van der Waals surface area contributed by atoms with E-state index in [1.807, 2.05) is 35.9 Å². The number of carbonyl (C=O) groups is 1. The number of aryl methyl sites for hydroxylation is 1. The lowest BCUT2D eigenvalue weighted by Gasteiger charge is -2.08. The van der Waals surface area contributed by atoms with Gasteiger partial charge in [0.15, 0.2) is 6.61 Å². The molecule has 25 heavy (non-hydrogen) atoms. The van der Waals surface area contributed by atoms with Crippen LogP contribution in [0.25, 0.3) is 20.3 Å². The van der Waals surface area contributed by atoms with E-state index in [-0.39, 0.29) is 12.5 Å². The average Bonchev–Trinajstić information content (AvgIpc) is 3.31. The van der Waals surface area contributed by atoms with Gasteiger partial charge in [0, 0.05) is 22.9 Å². The molecule has 0 saturated carbocycles. The van der Waals surface area contributed by atoms with Crippen molar-refractivity contribution >= 4 is 60.2 Å². The van der Waals surface area contributed by atoms with Crippen LogP contribution in [0.4, 0.5) is 0 Å². The van der Waals surface area contributed by atoms with E-state index in [1.54, 1.807) is 34.0 Å². The molecule has 1 aromatic carbocycles. The number of nitrogens with zero attached hydrogens (tertiary/aromatic N) is 1. The molecule has 4 nitrogen and oxygen atoms in total. The molecule has 128 valence electrons. The van der Waals surface area contributed by atoms with E-state index in [1.165, 1.54) is 4.88 Å². The lowest BCUT2D eigenvalue weighted by Crippen LogP contribution is -2.30. The zero-order valence-corrected chi connectivity index (χ0v) is 16.0. The second-order valence-corrected chi connectivity index (χ2v) is 8.77. The summed E-state index contributed by atoms with van der Waals surface area (Å²) in [6.45, 7) is 2.66. The van der Waals surface area contributed by atoms with Crippen molar-refractivity contribution in [1.29, 1.82) is 0 Å². The van der Waals surface area contributed by atoms with Crippen LogP contribution >= 0.6 is 34.0 Å². The molecule has 7 heteroatoms. The smallest absolute Gasteiger partial charge is 0.257 e. The van der Waals surface area contributed by atoms with Crippen molar-refractivity contribution in [3.8, 4) is 5.75 Å². The second kappa shape index (κ2) is 7.11. The third-order valence-electron chi connectivity index (χ3n) is 3.80. The molecular weight excluding hydrogens is 372 g/mol. The van der Waals surface area contributed by atoms with Crippen LogP contribution in [0.5, 0.6) is 5.75 Å². The lowest BCUT2D eigenvalue weighted by molar-refractivity contribution is -0.123. The molecule has 3 heterocycles. The Balaban J connectivity index is 1.43. The summed E-state index contributed by atoms with van der Waals surface area (Å²) in [5.41, 5.74) is 1.03. The first kappa shape index (κ1) is 16.5. The molecule has 3 aromatic heterocycles. The fourth-order valence-corrected chi connectivity index (χ4v) is 5.22. The number of hydrogen-bond acceptors (Lipinski definition) is 6. The number of aromatic nitrogens is 1. The highest BCUT2D eigenvalue weighted by molar-refractivity contribution is 7.21. The van der Waals surface area contributed by atoms with Crippen LogP contribution < -0.4 is 10.1 Å². The Bertz CT molecular complexity index is 1020. The maximum atomic E-state index is 12.0. The Kier molecular flexibility index (Phi) is 4.70. The predicted molar refractivity (Wildman–Crippen MR) is 106 cm³/mol. The predicted octanol–water partition coefficient (Wildman–Crippen LogP) is 4.62. The number of thiazole rings is 1. The maximum Gasteiger partial charge on any atom is 0.257 e. The molecule has 0 atom stereocenters. The fourth-order valence-electron chi connectivity index (χ4n) is 2.68. The molecule has 0 radical (unpaired) electrons. The molecule has 0 fully saturated rings. The minimum atomic E-state index is -0.0967. The number of rotatable bonds is 6. The van der Waals surface area contributed by atoms with Crippen molar-refractivity contribution in [3.05, 3.63) is 44.9 Å². The molecule has 4 aromatic rings. The zero-order chi connectivity index (χ0) is 17.2. The molecule has 1 amide bonds. The Morgan fingerprint density at radius 3 is 3.04 bits per heavy atom.